The third-order valence-corrected chi connectivity index (χ3v) is 2.26. The van der Waals surface area contributed by atoms with E-state index >= 15 is 0 Å². The van der Waals surface area contributed by atoms with Crippen LogP contribution in [0.4, 0.5) is 5.69 Å². The number of alkyl halides is 1. The van der Waals surface area contributed by atoms with Crippen molar-refractivity contribution in [2.24, 2.45) is 0 Å². The lowest BCUT2D eigenvalue weighted by Crippen LogP contribution is -1.95. The van der Waals surface area contributed by atoms with Crippen LogP contribution in [0.5, 0.6) is 0 Å². The van der Waals surface area contributed by atoms with E-state index in [1.54, 1.807) is 0 Å². The van der Waals surface area contributed by atoms with E-state index in [0.29, 0.717) is 10.0 Å². The van der Waals surface area contributed by atoms with Crippen LogP contribution in [0.1, 0.15) is 5.56 Å². The first kappa shape index (κ1) is 9.41. The Hall–Kier alpha value is -0.680. The second kappa shape index (κ2) is 3.82. The Morgan fingerprint density at radius 1 is 1.67 bits per heavy atom. The van der Waals surface area contributed by atoms with Gasteiger partial charge in [0.15, 0.2) is 0 Å². The quantitative estimate of drug-likeness (QED) is 0.461. The van der Waals surface area contributed by atoms with Gasteiger partial charge in [0.25, 0.3) is 5.69 Å². The summed E-state index contributed by atoms with van der Waals surface area (Å²) in [5.41, 5.74) is 0.399. The molecule has 0 saturated carbocycles. The van der Waals surface area contributed by atoms with E-state index in [1.165, 1.54) is 12.4 Å². The molecule has 0 aromatic carbocycles. The average Bonchev–Trinajstić information content (AvgIpc) is 2.03. The molecule has 0 N–H and O–H groups in total. The van der Waals surface area contributed by atoms with Crippen LogP contribution in [0.25, 0.3) is 0 Å². The van der Waals surface area contributed by atoms with Crippen LogP contribution in [0.2, 0.25) is 0 Å². The molecule has 12 heavy (non-hydrogen) atoms. The Kier molecular flexibility index (Phi) is 2.99. The summed E-state index contributed by atoms with van der Waals surface area (Å²) < 4.78 is 0.562. The van der Waals surface area contributed by atoms with Gasteiger partial charge in [-0.3, -0.25) is 15.1 Å². The summed E-state index contributed by atoms with van der Waals surface area (Å²) >= 11 is 8.64. The number of halogens is 2. The molecule has 1 aromatic rings. The fraction of sp³-hybridized carbons (Fsp3) is 0.167. The second-order valence-electron chi connectivity index (χ2n) is 2.01. The average molecular weight is 251 g/mol. The van der Waals surface area contributed by atoms with E-state index in [-0.39, 0.29) is 11.6 Å². The minimum Gasteiger partial charge on any atom is -0.258 e. The number of pyridine rings is 1. The second-order valence-corrected chi connectivity index (χ2v) is 3.13. The van der Waals surface area contributed by atoms with Gasteiger partial charge in [-0.15, -0.1) is 11.6 Å². The molecule has 4 nitrogen and oxygen atoms in total. The first-order chi connectivity index (χ1) is 5.66. The molecule has 0 aliphatic heterocycles. The van der Waals surface area contributed by atoms with E-state index in [2.05, 4.69) is 20.9 Å². The van der Waals surface area contributed by atoms with Crippen LogP contribution < -0.4 is 0 Å². The molecule has 1 rings (SSSR count). The summed E-state index contributed by atoms with van der Waals surface area (Å²) in [6, 6.07) is 0. The lowest BCUT2D eigenvalue weighted by atomic mass is 10.2. The standard InChI is InChI=1S/C6H4BrClN2O2/c7-5-2-9-3-6(10(11)12)4(5)1-8/h2-3H,1H2. The molecule has 0 atom stereocenters. The minimum atomic E-state index is -0.504. The fourth-order valence-corrected chi connectivity index (χ4v) is 1.64. The van der Waals surface area contributed by atoms with E-state index < -0.39 is 4.92 Å². The van der Waals surface area contributed by atoms with Crippen LogP contribution in [0.15, 0.2) is 16.9 Å². The van der Waals surface area contributed by atoms with Crippen molar-refractivity contribution in [2.45, 2.75) is 5.88 Å². The molecule has 0 radical (unpaired) electrons. The summed E-state index contributed by atoms with van der Waals surface area (Å²) in [4.78, 5) is 13.6. The highest BCUT2D eigenvalue weighted by molar-refractivity contribution is 9.10. The molecule has 64 valence electrons. The zero-order valence-electron chi connectivity index (χ0n) is 5.83. The number of hydrogen-bond acceptors (Lipinski definition) is 3. The lowest BCUT2D eigenvalue weighted by molar-refractivity contribution is -0.385. The van der Waals surface area contributed by atoms with Crippen molar-refractivity contribution in [3.63, 3.8) is 0 Å². The van der Waals surface area contributed by atoms with Gasteiger partial charge in [-0.2, -0.15) is 0 Å². The maximum Gasteiger partial charge on any atom is 0.293 e. The molecule has 0 aliphatic rings. The topological polar surface area (TPSA) is 56.0 Å². The van der Waals surface area contributed by atoms with Crippen LogP contribution in [-0.2, 0) is 5.88 Å². The molecule has 6 heteroatoms. The Balaban J connectivity index is 3.27. The van der Waals surface area contributed by atoms with E-state index in [4.69, 9.17) is 11.6 Å². The van der Waals surface area contributed by atoms with Gasteiger partial charge < -0.3 is 0 Å². The SMILES string of the molecule is O=[N+]([O-])c1cncc(Br)c1CCl. The highest BCUT2D eigenvalue weighted by atomic mass is 79.9. The predicted octanol–water partition coefficient (Wildman–Crippen LogP) is 2.49. The van der Waals surface area contributed by atoms with Gasteiger partial charge in [0.1, 0.15) is 6.20 Å². The Labute approximate surface area is 81.8 Å². The largest absolute Gasteiger partial charge is 0.293 e. The summed E-state index contributed by atoms with van der Waals surface area (Å²) in [5, 5.41) is 10.4. The zero-order chi connectivity index (χ0) is 9.14. The Morgan fingerprint density at radius 2 is 2.33 bits per heavy atom. The van der Waals surface area contributed by atoms with Crippen LogP contribution in [0, 0.1) is 10.1 Å². The Morgan fingerprint density at radius 3 is 2.75 bits per heavy atom. The van der Waals surface area contributed by atoms with Crippen molar-refractivity contribution in [3.8, 4) is 0 Å². The summed E-state index contributed by atoms with van der Waals surface area (Å²) in [6.45, 7) is 0. The van der Waals surface area contributed by atoms with Crippen molar-refractivity contribution < 1.29 is 4.92 Å². The van der Waals surface area contributed by atoms with E-state index in [1.807, 2.05) is 0 Å². The maximum absolute atomic E-state index is 10.4. The van der Waals surface area contributed by atoms with Crippen LogP contribution in [-0.4, -0.2) is 9.91 Å². The van der Waals surface area contributed by atoms with Crippen molar-refractivity contribution in [3.05, 3.63) is 32.5 Å². The van der Waals surface area contributed by atoms with Crippen LogP contribution >= 0.6 is 27.5 Å². The summed E-state index contributed by atoms with van der Waals surface area (Å²) in [7, 11) is 0. The number of nitrogens with zero attached hydrogens (tertiary/aromatic N) is 2. The van der Waals surface area contributed by atoms with Gasteiger partial charge in [0.2, 0.25) is 0 Å². The number of aromatic nitrogens is 1. The minimum absolute atomic E-state index is 0.0561. The van der Waals surface area contributed by atoms with Crippen molar-refractivity contribution in [1.29, 1.82) is 0 Å². The molecule has 0 spiro atoms. The monoisotopic (exact) mass is 250 g/mol. The fourth-order valence-electron chi connectivity index (χ4n) is 0.741. The van der Waals surface area contributed by atoms with E-state index in [0.717, 1.165) is 0 Å². The smallest absolute Gasteiger partial charge is 0.258 e. The van der Waals surface area contributed by atoms with Gasteiger partial charge in [0.05, 0.1) is 16.4 Å². The molecule has 1 heterocycles. The van der Waals surface area contributed by atoms with E-state index in [9.17, 15) is 10.1 Å². The molecule has 0 amide bonds. The first-order valence-corrected chi connectivity index (χ1v) is 4.32. The Bertz CT molecular complexity index is 318. The maximum atomic E-state index is 10.4. The van der Waals surface area contributed by atoms with Crippen molar-refractivity contribution >= 4 is 33.2 Å². The lowest BCUT2D eigenvalue weighted by Gasteiger charge is -1.99. The zero-order valence-corrected chi connectivity index (χ0v) is 8.17. The number of nitro groups is 1. The third-order valence-electron chi connectivity index (χ3n) is 1.31. The molecule has 0 fully saturated rings. The predicted molar refractivity (Wildman–Crippen MR) is 48.1 cm³/mol. The molecular formula is C6H4BrClN2O2. The van der Waals surface area contributed by atoms with Gasteiger partial charge in [0, 0.05) is 10.7 Å². The molecule has 0 saturated heterocycles. The molecule has 1 aromatic heterocycles. The molecule has 0 bridgehead atoms. The van der Waals surface area contributed by atoms with Gasteiger partial charge in [-0.25, -0.2) is 0 Å². The molecular weight excluding hydrogens is 247 g/mol. The van der Waals surface area contributed by atoms with Crippen LogP contribution in [0.3, 0.4) is 0 Å². The summed E-state index contributed by atoms with van der Waals surface area (Å²) in [6.07, 6.45) is 2.66. The van der Waals surface area contributed by atoms with Crippen molar-refractivity contribution in [1.82, 2.24) is 4.98 Å². The highest BCUT2D eigenvalue weighted by Gasteiger charge is 2.15. The van der Waals surface area contributed by atoms with Gasteiger partial charge in [-0.05, 0) is 15.9 Å². The third kappa shape index (κ3) is 1.73. The first-order valence-electron chi connectivity index (χ1n) is 2.99. The number of rotatable bonds is 2. The molecule has 0 aliphatic carbocycles. The van der Waals surface area contributed by atoms with Crippen molar-refractivity contribution in [2.75, 3.05) is 0 Å². The van der Waals surface area contributed by atoms with Gasteiger partial charge >= 0.3 is 0 Å². The molecule has 0 unspecified atom stereocenters. The van der Waals surface area contributed by atoms with Gasteiger partial charge in [-0.1, -0.05) is 0 Å². The number of hydrogen-bond donors (Lipinski definition) is 0. The normalized spacial score (nSPS) is 9.83. The summed E-state index contributed by atoms with van der Waals surface area (Å²) in [5.74, 6) is 0.0966. The highest BCUT2D eigenvalue weighted by Crippen LogP contribution is 2.26.